The van der Waals surface area contributed by atoms with Crippen molar-refractivity contribution in [3.05, 3.63) is 49.6 Å². The molecule has 2 rings (SSSR count). The van der Waals surface area contributed by atoms with Crippen LogP contribution in [-0.4, -0.2) is 27.6 Å². The van der Waals surface area contributed by atoms with Gasteiger partial charge in [0.15, 0.2) is 0 Å². The number of carbonyl (C=O) groups excluding carboxylic acids is 1. The van der Waals surface area contributed by atoms with Gasteiger partial charge in [0.05, 0.1) is 10.6 Å². The van der Waals surface area contributed by atoms with Crippen molar-refractivity contribution in [3.8, 4) is 0 Å². The van der Waals surface area contributed by atoms with E-state index in [-0.39, 0.29) is 11.6 Å². The summed E-state index contributed by atoms with van der Waals surface area (Å²) in [5.74, 6) is 0.217. The van der Waals surface area contributed by atoms with Crippen LogP contribution < -0.4 is 11.0 Å². The number of halogens is 2. The average Bonchev–Trinajstić information content (AvgIpc) is 2.78. The summed E-state index contributed by atoms with van der Waals surface area (Å²) >= 11 is 9.27. The molecule has 0 fully saturated rings. The smallest absolute Gasteiger partial charge is 0.340 e. The Kier molecular flexibility index (Phi) is 4.39. The molecule has 0 bridgehead atoms. The van der Waals surface area contributed by atoms with Crippen LogP contribution in [0.4, 0.5) is 0 Å². The van der Waals surface area contributed by atoms with E-state index in [9.17, 15) is 9.59 Å². The van der Waals surface area contributed by atoms with Crippen molar-refractivity contribution >= 4 is 33.4 Å². The molecular weight excluding hydrogens is 336 g/mol. The summed E-state index contributed by atoms with van der Waals surface area (Å²) < 4.78 is 0.665. The Morgan fingerprint density at radius 2 is 2.26 bits per heavy atom. The van der Waals surface area contributed by atoms with Crippen LogP contribution in [0.15, 0.2) is 27.5 Å². The van der Waals surface area contributed by atoms with Gasteiger partial charge in [-0.2, -0.15) is 5.10 Å². The SMILES string of the molecule is O=C(NCCc1n[nH]c(=O)[nH]1)c1cccc(Br)c1Cl. The van der Waals surface area contributed by atoms with Gasteiger partial charge in [-0.1, -0.05) is 17.7 Å². The third-order valence-corrected chi connectivity index (χ3v) is 3.69. The molecule has 0 saturated heterocycles. The molecule has 0 aliphatic heterocycles. The summed E-state index contributed by atoms with van der Waals surface area (Å²) in [6.07, 6.45) is 0.427. The van der Waals surface area contributed by atoms with Crippen molar-refractivity contribution < 1.29 is 4.79 Å². The highest BCUT2D eigenvalue weighted by atomic mass is 79.9. The fourth-order valence-corrected chi connectivity index (χ4v) is 2.07. The van der Waals surface area contributed by atoms with Crippen molar-refractivity contribution in [2.75, 3.05) is 6.54 Å². The number of rotatable bonds is 4. The predicted octanol–water partition coefficient (Wildman–Crippen LogP) is 1.49. The number of H-pyrrole nitrogens is 2. The molecule has 2 aromatic rings. The lowest BCUT2D eigenvalue weighted by molar-refractivity contribution is 0.0954. The maximum absolute atomic E-state index is 11.9. The van der Waals surface area contributed by atoms with Crippen molar-refractivity contribution in [2.24, 2.45) is 0 Å². The van der Waals surface area contributed by atoms with Crippen LogP contribution >= 0.6 is 27.5 Å². The Labute approximate surface area is 121 Å². The molecule has 1 aromatic heterocycles. The quantitative estimate of drug-likeness (QED) is 0.784. The van der Waals surface area contributed by atoms with Crippen LogP contribution in [0.5, 0.6) is 0 Å². The number of aromatic nitrogens is 3. The van der Waals surface area contributed by atoms with Gasteiger partial charge < -0.3 is 5.32 Å². The molecule has 0 aliphatic rings. The highest BCUT2D eigenvalue weighted by Crippen LogP contribution is 2.25. The van der Waals surface area contributed by atoms with Gasteiger partial charge in [0, 0.05) is 17.4 Å². The van der Waals surface area contributed by atoms with Crippen LogP contribution in [0.2, 0.25) is 5.02 Å². The summed E-state index contributed by atoms with van der Waals surface area (Å²) in [6.45, 7) is 0.350. The van der Waals surface area contributed by atoms with E-state index in [0.717, 1.165) is 0 Å². The number of benzene rings is 1. The van der Waals surface area contributed by atoms with Gasteiger partial charge in [-0.25, -0.2) is 9.89 Å². The maximum Gasteiger partial charge on any atom is 0.340 e. The van der Waals surface area contributed by atoms with Crippen LogP contribution in [0.3, 0.4) is 0 Å². The summed E-state index contributed by atoms with van der Waals surface area (Å²) in [5.41, 5.74) is 0.0305. The number of nitrogens with zero attached hydrogens (tertiary/aromatic N) is 1. The predicted molar refractivity (Wildman–Crippen MR) is 74.4 cm³/mol. The fourth-order valence-electron chi connectivity index (χ4n) is 1.49. The molecule has 0 saturated carbocycles. The number of nitrogens with one attached hydrogen (secondary N) is 3. The standard InChI is InChI=1S/C11H10BrClN4O2/c12-7-3-1-2-6(9(7)13)10(18)14-5-4-8-15-11(19)17-16-8/h1-3H,4-5H2,(H,14,18)(H2,15,16,17,19). The Balaban J connectivity index is 1.94. The van der Waals surface area contributed by atoms with Crippen LogP contribution in [-0.2, 0) is 6.42 Å². The zero-order valence-electron chi connectivity index (χ0n) is 9.67. The van der Waals surface area contributed by atoms with E-state index in [4.69, 9.17) is 11.6 Å². The molecule has 1 amide bonds. The monoisotopic (exact) mass is 344 g/mol. The van der Waals surface area contributed by atoms with Gasteiger partial charge in [-0.05, 0) is 28.1 Å². The Morgan fingerprint density at radius 1 is 1.47 bits per heavy atom. The molecule has 100 valence electrons. The van der Waals surface area contributed by atoms with Gasteiger partial charge in [0.2, 0.25) is 0 Å². The summed E-state index contributed by atoms with van der Waals surface area (Å²) in [6, 6.07) is 5.13. The van der Waals surface area contributed by atoms with Gasteiger partial charge in [-0.3, -0.25) is 9.78 Å². The second-order valence-corrected chi connectivity index (χ2v) is 4.96. The van der Waals surface area contributed by atoms with E-state index in [1.165, 1.54) is 0 Å². The molecule has 0 unspecified atom stereocenters. The first-order chi connectivity index (χ1) is 9.08. The van der Waals surface area contributed by atoms with E-state index in [1.54, 1.807) is 18.2 Å². The summed E-state index contributed by atoms with van der Waals surface area (Å²) in [5, 5.41) is 9.07. The van der Waals surface area contributed by atoms with Gasteiger partial charge >= 0.3 is 5.69 Å². The largest absolute Gasteiger partial charge is 0.352 e. The van der Waals surface area contributed by atoms with E-state index in [1.807, 2.05) is 0 Å². The second-order valence-electron chi connectivity index (χ2n) is 3.73. The third-order valence-electron chi connectivity index (χ3n) is 2.39. The van der Waals surface area contributed by atoms with Crippen molar-refractivity contribution in [1.29, 1.82) is 0 Å². The summed E-state index contributed by atoms with van der Waals surface area (Å²) in [7, 11) is 0. The molecule has 8 heteroatoms. The zero-order valence-corrected chi connectivity index (χ0v) is 12.0. The van der Waals surface area contributed by atoms with E-state index in [2.05, 4.69) is 36.4 Å². The minimum Gasteiger partial charge on any atom is -0.352 e. The third kappa shape index (κ3) is 3.45. The second kappa shape index (κ2) is 6.03. The number of aromatic amines is 2. The van der Waals surface area contributed by atoms with E-state index in [0.29, 0.717) is 33.8 Å². The molecule has 1 aromatic carbocycles. The number of hydrogen-bond donors (Lipinski definition) is 3. The minimum atomic E-state index is -0.364. The minimum absolute atomic E-state index is 0.274. The molecule has 0 atom stereocenters. The number of carbonyl (C=O) groups is 1. The lowest BCUT2D eigenvalue weighted by atomic mass is 10.2. The number of hydrogen-bond acceptors (Lipinski definition) is 3. The summed E-state index contributed by atoms with van der Waals surface area (Å²) in [4.78, 5) is 25.2. The molecular formula is C11H10BrClN4O2. The van der Waals surface area contributed by atoms with E-state index >= 15 is 0 Å². The Hall–Kier alpha value is -1.60. The van der Waals surface area contributed by atoms with Gasteiger partial charge in [-0.15, -0.1) is 0 Å². The topological polar surface area (TPSA) is 90.6 Å². The Bertz CT molecular complexity index is 652. The van der Waals surface area contributed by atoms with Crippen molar-refractivity contribution in [3.63, 3.8) is 0 Å². The van der Waals surface area contributed by atoms with Crippen LogP contribution in [0, 0.1) is 0 Å². The zero-order chi connectivity index (χ0) is 13.8. The lowest BCUT2D eigenvalue weighted by Crippen LogP contribution is -2.26. The van der Waals surface area contributed by atoms with Gasteiger partial charge in [0.1, 0.15) is 5.82 Å². The molecule has 3 N–H and O–H groups in total. The average molecular weight is 346 g/mol. The molecule has 0 radical (unpaired) electrons. The highest BCUT2D eigenvalue weighted by Gasteiger charge is 2.11. The molecule has 0 aliphatic carbocycles. The maximum atomic E-state index is 11.9. The Morgan fingerprint density at radius 3 is 2.95 bits per heavy atom. The number of amides is 1. The van der Waals surface area contributed by atoms with E-state index < -0.39 is 0 Å². The first-order valence-corrected chi connectivity index (χ1v) is 6.61. The first-order valence-electron chi connectivity index (χ1n) is 5.43. The normalized spacial score (nSPS) is 10.4. The first kappa shape index (κ1) is 13.8. The highest BCUT2D eigenvalue weighted by molar-refractivity contribution is 9.10. The molecule has 6 nitrogen and oxygen atoms in total. The molecule has 1 heterocycles. The lowest BCUT2D eigenvalue weighted by Gasteiger charge is -2.06. The van der Waals surface area contributed by atoms with Crippen molar-refractivity contribution in [2.45, 2.75) is 6.42 Å². The fraction of sp³-hybridized carbons (Fsp3) is 0.182. The van der Waals surface area contributed by atoms with Crippen LogP contribution in [0.1, 0.15) is 16.2 Å². The molecule has 19 heavy (non-hydrogen) atoms. The van der Waals surface area contributed by atoms with Gasteiger partial charge in [0.25, 0.3) is 5.91 Å². The van der Waals surface area contributed by atoms with Crippen molar-refractivity contribution in [1.82, 2.24) is 20.5 Å². The molecule has 0 spiro atoms. The van der Waals surface area contributed by atoms with Crippen LogP contribution in [0.25, 0.3) is 0 Å².